The van der Waals surface area contributed by atoms with Gasteiger partial charge in [0.15, 0.2) is 0 Å². The summed E-state index contributed by atoms with van der Waals surface area (Å²) in [6, 6.07) is 0. The van der Waals surface area contributed by atoms with E-state index in [-0.39, 0.29) is 11.5 Å². The summed E-state index contributed by atoms with van der Waals surface area (Å²) in [6.45, 7) is 6.11. The highest BCUT2D eigenvalue weighted by atomic mass is 35.5. The van der Waals surface area contributed by atoms with E-state index in [0.717, 1.165) is 19.3 Å². The van der Waals surface area contributed by atoms with Gasteiger partial charge in [-0.15, -0.1) is 0 Å². The third-order valence-corrected chi connectivity index (χ3v) is 4.41. The summed E-state index contributed by atoms with van der Waals surface area (Å²) in [5.74, 6) is -0.433. The summed E-state index contributed by atoms with van der Waals surface area (Å²) in [5, 5.41) is 6.64. The van der Waals surface area contributed by atoms with Crippen LogP contribution in [0.5, 0.6) is 0 Å². The number of alkyl halides is 2. The molecule has 24 heavy (non-hydrogen) atoms. The van der Waals surface area contributed by atoms with Crippen LogP contribution in [0.2, 0.25) is 0 Å². The fourth-order valence-corrected chi connectivity index (χ4v) is 3.28. The average molecular weight is 362 g/mol. The highest BCUT2D eigenvalue weighted by molar-refractivity contribution is 6.25. The highest BCUT2D eigenvalue weighted by Crippen LogP contribution is 2.30. The molecule has 2 unspecified atom stereocenters. The Kier molecular flexibility index (Phi) is 7.87. The summed E-state index contributed by atoms with van der Waals surface area (Å²) in [4.78, 5) is 12.7. The van der Waals surface area contributed by atoms with E-state index in [1.165, 1.54) is 23.5 Å². The van der Waals surface area contributed by atoms with Crippen molar-refractivity contribution in [2.45, 2.75) is 58.4 Å². The normalized spacial score (nSPS) is 15.7. The van der Waals surface area contributed by atoms with Crippen LogP contribution in [-0.4, -0.2) is 21.2 Å². The summed E-state index contributed by atoms with van der Waals surface area (Å²) < 4.78 is 27.5. The molecule has 1 heterocycles. The average Bonchev–Trinajstić information content (AvgIpc) is 2.90. The Labute approximate surface area is 147 Å². The molecule has 1 rings (SSSR count). The van der Waals surface area contributed by atoms with E-state index >= 15 is 0 Å². The zero-order valence-electron chi connectivity index (χ0n) is 14.7. The van der Waals surface area contributed by atoms with Crippen LogP contribution in [0.25, 0.3) is 0 Å². The van der Waals surface area contributed by atoms with Gasteiger partial charge in [-0.25, -0.2) is 8.78 Å². The Balaban J connectivity index is 3.20. The van der Waals surface area contributed by atoms with E-state index < -0.39 is 23.6 Å². The first kappa shape index (κ1) is 20.6. The second-order valence-electron chi connectivity index (χ2n) is 6.13. The molecule has 0 bridgehead atoms. The van der Waals surface area contributed by atoms with Gasteiger partial charge in [0.05, 0.1) is 11.1 Å². The molecular formula is C17H26ClF2N3O. The van der Waals surface area contributed by atoms with E-state index in [4.69, 9.17) is 11.6 Å². The fraction of sp³-hybridized carbons (Fsp3) is 0.647. The summed E-state index contributed by atoms with van der Waals surface area (Å²) in [7, 11) is 1.51. The molecule has 0 saturated carbocycles. The first-order valence-electron chi connectivity index (χ1n) is 8.23. The maximum atomic E-state index is 13.1. The standard InChI is InChI=1S/C17H26ClF2N3O/c1-5-7-12(3)17(8-6-2,9-10-18)21-16(24)13-11-23(4)22-14(13)15(19)20/h9-12,15H,5-8H2,1-4H3,(H,21,24). The minimum absolute atomic E-state index is 0.0975. The van der Waals surface area contributed by atoms with Gasteiger partial charge in [0.1, 0.15) is 5.69 Å². The zero-order chi connectivity index (χ0) is 18.3. The summed E-state index contributed by atoms with van der Waals surface area (Å²) in [6.07, 6.45) is 3.61. The third kappa shape index (κ3) is 4.79. The number of carbonyl (C=O) groups excluding carboxylic acids is 1. The van der Waals surface area contributed by atoms with Gasteiger partial charge < -0.3 is 5.32 Å². The third-order valence-electron chi connectivity index (χ3n) is 4.28. The highest BCUT2D eigenvalue weighted by Gasteiger charge is 2.35. The van der Waals surface area contributed by atoms with Crippen LogP contribution in [0.4, 0.5) is 8.78 Å². The number of rotatable bonds is 9. The van der Waals surface area contributed by atoms with E-state index in [2.05, 4.69) is 17.3 Å². The number of nitrogens with zero attached hydrogens (tertiary/aromatic N) is 2. The molecule has 0 spiro atoms. The van der Waals surface area contributed by atoms with Crippen LogP contribution < -0.4 is 5.32 Å². The molecule has 0 aliphatic heterocycles. The molecule has 0 aliphatic carbocycles. The van der Waals surface area contributed by atoms with Gasteiger partial charge in [-0.1, -0.05) is 45.2 Å². The van der Waals surface area contributed by atoms with Gasteiger partial charge in [0.2, 0.25) is 0 Å². The van der Waals surface area contributed by atoms with Gasteiger partial charge in [0.25, 0.3) is 12.3 Å². The Hall–Kier alpha value is -1.43. The van der Waals surface area contributed by atoms with Gasteiger partial charge in [-0.05, 0) is 24.8 Å². The monoisotopic (exact) mass is 361 g/mol. The van der Waals surface area contributed by atoms with Crippen LogP contribution in [0, 0.1) is 5.92 Å². The molecule has 0 aliphatic rings. The molecule has 1 N–H and O–H groups in total. The van der Waals surface area contributed by atoms with Crippen LogP contribution in [0.15, 0.2) is 17.8 Å². The number of nitrogens with one attached hydrogen (secondary N) is 1. The molecule has 2 atom stereocenters. The van der Waals surface area contributed by atoms with Crippen molar-refractivity contribution in [1.82, 2.24) is 15.1 Å². The molecule has 0 saturated heterocycles. The first-order valence-corrected chi connectivity index (χ1v) is 8.67. The zero-order valence-corrected chi connectivity index (χ0v) is 15.4. The molecule has 136 valence electrons. The van der Waals surface area contributed by atoms with Crippen LogP contribution >= 0.6 is 11.6 Å². The number of halogens is 3. The molecule has 7 heteroatoms. The molecule has 1 aromatic rings. The van der Waals surface area contributed by atoms with Gasteiger partial charge >= 0.3 is 0 Å². The Morgan fingerprint density at radius 3 is 2.62 bits per heavy atom. The van der Waals surface area contributed by atoms with Gasteiger partial charge in [-0.2, -0.15) is 5.10 Å². The van der Waals surface area contributed by atoms with Crippen molar-refractivity contribution >= 4 is 17.5 Å². The first-order chi connectivity index (χ1) is 11.3. The van der Waals surface area contributed by atoms with E-state index in [9.17, 15) is 13.6 Å². The number of hydrogen-bond donors (Lipinski definition) is 1. The molecule has 4 nitrogen and oxygen atoms in total. The maximum Gasteiger partial charge on any atom is 0.282 e. The summed E-state index contributed by atoms with van der Waals surface area (Å²) >= 11 is 5.81. The van der Waals surface area contributed by atoms with Crippen LogP contribution in [0.3, 0.4) is 0 Å². The molecular weight excluding hydrogens is 336 g/mol. The van der Waals surface area contributed by atoms with E-state index in [1.807, 2.05) is 13.8 Å². The van der Waals surface area contributed by atoms with Gasteiger partial charge in [0, 0.05) is 18.8 Å². The Bertz CT molecular complexity index is 574. The molecule has 0 aromatic carbocycles. The second kappa shape index (κ2) is 9.16. The van der Waals surface area contributed by atoms with Crippen LogP contribution in [-0.2, 0) is 7.05 Å². The van der Waals surface area contributed by atoms with Crippen molar-refractivity contribution < 1.29 is 13.6 Å². The fourth-order valence-electron chi connectivity index (χ4n) is 3.06. The lowest BCUT2D eigenvalue weighted by Crippen LogP contribution is -2.51. The molecule has 1 aromatic heterocycles. The predicted octanol–water partition coefficient (Wildman–Crippen LogP) is 4.82. The number of aryl methyl sites for hydroxylation is 1. The maximum absolute atomic E-state index is 13.1. The predicted molar refractivity (Wildman–Crippen MR) is 92.3 cm³/mol. The largest absolute Gasteiger partial charge is 0.343 e. The van der Waals surface area contributed by atoms with Crippen molar-refractivity contribution in [1.29, 1.82) is 0 Å². The van der Waals surface area contributed by atoms with Crippen molar-refractivity contribution in [3.63, 3.8) is 0 Å². The van der Waals surface area contributed by atoms with Crippen molar-refractivity contribution in [2.75, 3.05) is 0 Å². The van der Waals surface area contributed by atoms with Crippen molar-refractivity contribution in [3.05, 3.63) is 29.1 Å². The molecule has 0 fully saturated rings. The Morgan fingerprint density at radius 2 is 2.12 bits per heavy atom. The molecule has 1 amide bonds. The minimum atomic E-state index is -2.80. The minimum Gasteiger partial charge on any atom is -0.343 e. The Morgan fingerprint density at radius 1 is 1.46 bits per heavy atom. The van der Waals surface area contributed by atoms with Crippen molar-refractivity contribution in [2.24, 2.45) is 13.0 Å². The van der Waals surface area contributed by atoms with E-state index in [0.29, 0.717) is 6.42 Å². The lowest BCUT2D eigenvalue weighted by Gasteiger charge is -2.37. The van der Waals surface area contributed by atoms with Crippen molar-refractivity contribution in [3.8, 4) is 0 Å². The topological polar surface area (TPSA) is 46.9 Å². The van der Waals surface area contributed by atoms with Crippen LogP contribution in [0.1, 0.15) is 68.9 Å². The number of carbonyl (C=O) groups is 1. The SMILES string of the molecule is CCCC(C)C(C=CCl)(CCC)NC(=O)c1cn(C)nc1C(F)F. The lowest BCUT2D eigenvalue weighted by atomic mass is 9.78. The molecule has 0 radical (unpaired) electrons. The second-order valence-corrected chi connectivity index (χ2v) is 6.38. The number of aromatic nitrogens is 2. The quantitative estimate of drug-likeness (QED) is 0.685. The number of hydrogen-bond acceptors (Lipinski definition) is 2. The smallest absolute Gasteiger partial charge is 0.282 e. The van der Waals surface area contributed by atoms with E-state index in [1.54, 1.807) is 6.08 Å². The number of amides is 1. The lowest BCUT2D eigenvalue weighted by molar-refractivity contribution is 0.0867. The van der Waals surface area contributed by atoms with Gasteiger partial charge in [-0.3, -0.25) is 9.48 Å². The summed E-state index contributed by atoms with van der Waals surface area (Å²) in [5.41, 5.74) is 0.121.